The van der Waals surface area contributed by atoms with Gasteiger partial charge in [-0.15, -0.1) is 0 Å². The predicted molar refractivity (Wildman–Crippen MR) is 63.8 cm³/mol. The van der Waals surface area contributed by atoms with E-state index in [1.807, 2.05) is 0 Å². The zero-order valence-electron chi connectivity index (χ0n) is 10.0. The maximum absolute atomic E-state index is 12.4. The third-order valence-electron chi connectivity index (χ3n) is 2.67. The van der Waals surface area contributed by atoms with Crippen molar-refractivity contribution in [2.24, 2.45) is 0 Å². The molecule has 1 aliphatic rings. The zero-order valence-corrected chi connectivity index (χ0v) is 11.6. The molecule has 0 aromatic carbocycles. The minimum Gasteiger partial charge on any atom is -0.450 e. The van der Waals surface area contributed by atoms with Crippen LogP contribution in [0.25, 0.3) is 0 Å². The first-order valence-corrected chi connectivity index (χ1v) is 6.61. The summed E-state index contributed by atoms with van der Waals surface area (Å²) in [5.74, 6) is 0. The maximum atomic E-state index is 12.4. The Labute approximate surface area is 112 Å². The molecule has 106 valence electrons. The van der Waals surface area contributed by atoms with Crippen molar-refractivity contribution in [3.05, 3.63) is 0 Å². The van der Waals surface area contributed by atoms with E-state index in [1.165, 1.54) is 4.90 Å². The Bertz CT molecular complexity index is 281. The van der Waals surface area contributed by atoms with Crippen molar-refractivity contribution in [1.29, 1.82) is 0 Å². The molecule has 0 aromatic heterocycles. The van der Waals surface area contributed by atoms with Crippen molar-refractivity contribution < 1.29 is 22.7 Å². The smallest absolute Gasteiger partial charge is 0.409 e. The molecule has 8 heteroatoms. The monoisotopic (exact) mass is 332 g/mol. The summed E-state index contributed by atoms with van der Waals surface area (Å²) in [4.78, 5) is 13.0. The van der Waals surface area contributed by atoms with E-state index < -0.39 is 17.1 Å². The number of rotatable bonds is 3. The number of halogens is 4. The van der Waals surface area contributed by atoms with Gasteiger partial charge >= 0.3 is 12.3 Å². The van der Waals surface area contributed by atoms with Crippen molar-refractivity contribution in [3.63, 3.8) is 0 Å². The highest BCUT2D eigenvalue weighted by atomic mass is 79.9. The van der Waals surface area contributed by atoms with Crippen LogP contribution in [0.2, 0.25) is 0 Å². The molecule has 1 aliphatic heterocycles. The minimum atomic E-state index is -4.24. The molecule has 0 spiro atoms. The molecule has 18 heavy (non-hydrogen) atoms. The van der Waals surface area contributed by atoms with Gasteiger partial charge in [0.25, 0.3) is 0 Å². The number of carbonyl (C=O) groups excluding carboxylic acids is 1. The molecule has 4 nitrogen and oxygen atoms in total. The third kappa shape index (κ3) is 4.64. The predicted octanol–water partition coefficient (Wildman–Crippen LogP) is 2.09. The van der Waals surface area contributed by atoms with E-state index in [0.29, 0.717) is 32.8 Å². The second kappa shape index (κ2) is 6.60. The Kier molecular flexibility index (Phi) is 5.71. The number of hydrogen-bond donors (Lipinski definition) is 0. The summed E-state index contributed by atoms with van der Waals surface area (Å²) in [6.07, 6.45) is -4.64. The largest absolute Gasteiger partial charge is 0.450 e. The van der Waals surface area contributed by atoms with Crippen LogP contribution >= 0.6 is 15.9 Å². The Morgan fingerprint density at radius 3 is 2.33 bits per heavy atom. The zero-order chi connectivity index (χ0) is 13.8. The number of carbonyl (C=O) groups is 1. The molecule has 0 N–H and O–H groups in total. The lowest BCUT2D eigenvalue weighted by molar-refractivity contribution is -0.131. The Morgan fingerprint density at radius 1 is 1.33 bits per heavy atom. The molecule has 0 saturated carbocycles. The lowest BCUT2D eigenvalue weighted by Gasteiger charge is -2.35. The van der Waals surface area contributed by atoms with Gasteiger partial charge in [0, 0.05) is 32.7 Å². The molecule has 0 aromatic rings. The van der Waals surface area contributed by atoms with Gasteiger partial charge in [0.1, 0.15) is 4.83 Å². The van der Waals surface area contributed by atoms with Crippen LogP contribution in [0.15, 0.2) is 0 Å². The van der Waals surface area contributed by atoms with Gasteiger partial charge in [0.2, 0.25) is 0 Å². The Balaban J connectivity index is 2.33. The summed E-state index contributed by atoms with van der Waals surface area (Å²) in [5.41, 5.74) is 0. The summed E-state index contributed by atoms with van der Waals surface area (Å²) < 4.78 is 41.9. The number of hydrogen-bond acceptors (Lipinski definition) is 3. The topological polar surface area (TPSA) is 32.8 Å². The maximum Gasteiger partial charge on any atom is 0.409 e. The van der Waals surface area contributed by atoms with E-state index in [9.17, 15) is 18.0 Å². The van der Waals surface area contributed by atoms with Crippen LogP contribution in [0, 0.1) is 0 Å². The van der Waals surface area contributed by atoms with Gasteiger partial charge in [0.05, 0.1) is 6.61 Å². The summed E-state index contributed by atoms with van der Waals surface area (Å²) in [7, 11) is 0. The molecule has 1 atom stereocenters. The van der Waals surface area contributed by atoms with Crippen LogP contribution in [0.4, 0.5) is 18.0 Å². The fraction of sp³-hybridized carbons (Fsp3) is 0.900. The number of alkyl halides is 4. The lowest BCUT2D eigenvalue weighted by Crippen LogP contribution is -2.51. The normalized spacial score (nSPS) is 19.7. The average Bonchev–Trinajstić information content (AvgIpc) is 2.29. The fourth-order valence-corrected chi connectivity index (χ4v) is 2.07. The molecule has 0 bridgehead atoms. The van der Waals surface area contributed by atoms with Gasteiger partial charge in [-0.1, -0.05) is 15.9 Å². The average molecular weight is 333 g/mol. The van der Waals surface area contributed by atoms with E-state index in [4.69, 9.17) is 4.74 Å². The Hall–Kier alpha value is -0.500. The van der Waals surface area contributed by atoms with Crippen LogP contribution in [0.1, 0.15) is 6.92 Å². The van der Waals surface area contributed by atoms with Crippen molar-refractivity contribution >= 4 is 22.0 Å². The van der Waals surface area contributed by atoms with E-state index in [0.717, 1.165) is 0 Å². The van der Waals surface area contributed by atoms with Gasteiger partial charge in [-0.05, 0) is 6.92 Å². The van der Waals surface area contributed by atoms with Gasteiger partial charge < -0.3 is 9.64 Å². The van der Waals surface area contributed by atoms with Crippen LogP contribution in [-0.2, 0) is 4.74 Å². The summed E-state index contributed by atoms with van der Waals surface area (Å²) in [6, 6.07) is 0. The van der Waals surface area contributed by atoms with Crippen molar-refractivity contribution in [2.75, 3.05) is 39.3 Å². The molecular formula is C10H16BrF3N2O2. The van der Waals surface area contributed by atoms with E-state index in [1.54, 1.807) is 11.8 Å². The third-order valence-corrected chi connectivity index (χ3v) is 3.48. The molecule has 1 fully saturated rings. The van der Waals surface area contributed by atoms with E-state index in [-0.39, 0.29) is 6.54 Å². The Morgan fingerprint density at radius 2 is 1.89 bits per heavy atom. The molecule has 1 unspecified atom stereocenters. The van der Waals surface area contributed by atoms with E-state index in [2.05, 4.69) is 15.9 Å². The minimum absolute atomic E-state index is 0.0971. The highest BCUT2D eigenvalue weighted by Crippen LogP contribution is 2.27. The number of nitrogens with zero attached hydrogens (tertiary/aromatic N) is 2. The fourth-order valence-electron chi connectivity index (χ4n) is 1.66. The van der Waals surface area contributed by atoms with Crippen molar-refractivity contribution in [2.45, 2.75) is 17.9 Å². The van der Waals surface area contributed by atoms with Gasteiger partial charge in [-0.25, -0.2) is 4.79 Å². The molecule has 1 saturated heterocycles. The first-order chi connectivity index (χ1) is 8.34. The van der Waals surface area contributed by atoms with Gasteiger partial charge in [0.15, 0.2) is 0 Å². The first-order valence-electron chi connectivity index (χ1n) is 5.69. The van der Waals surface area contributed by atoms with Gasteiger partial charge in [-0.2, -0.15) is 13.2 Å². The molecule has 1 rings (SSSR count). The van der Waals surface area contributed by atoms with Crippen molar-refractivity contribution in [3.8, 4) is 0 Å². The number of ether oxygens (including phenoxy) is 1. The van der Waals surface area contributed by atoms with Crippen LogP contribution in [0.3, 0.4) is 0 Å². The van der Waals surface area contributed by atoms with Crippen LogP contribution in [-0.4, -0.2) is 66.2 Å². The molecule has 0 radical (unpaired) electrons. The molecule has 1 heterocycles. The number of amides is 1. The van der Waals surface area contributed by atoms with Crippen LogP contribution in [0.5, 0.6) is 0 Å². The SMILES string of the molecule is CCOC(=O)N1CCN(CC(Br)C(F)(F)F)CC1. The summed E-state index contributed by atoms with van der Waals surface area (Å²) >= 11 is 2.63. The number of piperazine rings is 1. The van der Waals surface area contributed by atoms with Gasteiger partial charge in [-0.3, -0.25) is 4.90 Å². The standard InChI is InChI=1S/C10H16BrF3N2O2/c1-2-18-9(17)16-5-3-15(4-6-16)7-8(11)10(12,13)14/h8H,2-7H2,1H3. The second-order valence-corrected chi connectivity index (χ2v) is 5.10. The lowest BCUT2D eigenvalue weighted by atomic mass is 10.3. The van der Waals surface area contributed by atoms with Crippen LogP contribution < -0.4 is 0 Å². The second-order valence-electron chi connectivity index (χ2n) is 4.00. The summed E-state index contributed by atoms with van der Waals surface area (Å²) in [6.45, 7) is 3.57. The quantitative estimate of drug-likeness (QED) is 0.742. The molecule has 1 amide bonds. The summed E-state index contributed by atoms with van der Waals surface area (Å²) in [5, 5.41) is 0. The molecular weight excluding hydrogens is 317 g/mol. The first kappa shape index (κ1) is 15.6. The van der Waals surface area contributed by atoms with Crippen molar-refractivity contribution in [1.82, 2.24) is 9.80 Å². The van der Waals surface area contributed by atoms with E-state index >= 15 is 0 Å². The molecule has 0 aliphatic carbocycles. The highest BCUT2D eigenvalue weighted by molar-refractivity contribution is 9.09. The highest BCUT2D eigenvalue weighted by Gasteiger charge is 2.39.